The van der Waals surface area contributed by atoms with Crippen LogP contribution in [0.4, 0.5) is 0 Å². The molecule has 1 amide bonds. The summed E-state index contributed by atoms with van der Waals surface area (Å²) >= 11 is 3.46. The number of carbonyl (C=O) groups excluding carboxylic acids is 1. The van der Waals surface area contributed by atoms with Crippen molar-refractivity contribution < 1.29 is 9.21 Å². The van der Waals surface area contributed by atoms with Gasteiger partial charge in [-0.15, -0.1) is 35.5 Å². The van der Waals surface area contributed by atoms with Gasteiger partial charge in [-0.3, -0.25) is 4.79 Å². The van der Waals surface area contributed by atoms with Crippen LogP contribution >= 0.6 is 35.5 Å². The third kappa shape index (κ3) is 4.51. The second kappa shape index (κ2) is 9.15. The molecule has 1 saturated heterocycles. The van der Waals surface area contributed by atoms with Gasteiger partial charge in [0.25, 0.3) is 5.91 Å². The van der Waals surface area contributed by atoms with Crippen molar-refractivity contribution in [2.24, 2.45) is 5.92 Å². The molecule has 2 atom stereocenters. The quantitative estimate of drug-likeness (QED) is 0.572. The summed E-state index contributed by atoms with van der Waals surface area (Å²) in [5, 5.41) is 9.63. The Morgan fingerprint density at radius 3 is 2.96 bits per heavy atom. The molecular weight excluding hydrogens is 400 g/mol. The highest BCUT2D eigenvalue weighted by Crippen LogP contribution is 2.33. The second-order valence-electron chi connectivity index (χ2n) is 6.68. The standard InChI is InChI=1S/C20H22N2O2S2.ClH/c1-13-8-9-21-11-16(13)22-20(23)19-15(12-26-18-7-4-10-25-18)14-5-2-3-6-17(14)24-19;/h2-7,10,13,16,21H,8-9,11-12H2,1H3,(H,22,23);1H. The highest BCUT2D eigenvalue weighted by Gasteiger charge is 2.27. The van der Waals surface area contributed by atoms with Crippen molar-refractivity contribution in [1.82, 2.24) is 10.6 Å². The summed E-state index contributed by atoms with van der Waals surface area (Å²) in [7, 11) is 0. The van der Waals surface area contributed by atoms with E-state index in [9.17, 15) is 4.79 Å². The minimum absolute atomic E-state index is 0. The van der Waals surface area contributed by atoms with E-state index >= 15 is 0 Å². The number of rotatable bonds is 5. The number of amides is 1. The Morgan fingerprint density at radius 1 is 1.33 bits per heavy atom. The van der Waals surface area contributed by atoms with E-state index in [0.29, 0.717) is 11.7 Å². The van der Waals surface area contributed by atoms with Gasteiger partial charge in [0.05, 0.1) is 4.21 Å². The summed E-state index contributed by atoms with van der Waals surface area (Å²) in [5.74, 6) is 1.53. The number of halogens is 1. The van der Waals surface area contributed by atoms with Crippen molar-refractivity contribution in [3.8, 4) is 0 Å². The monoisotopic (exact) mass is 422 g/mol. The van der Waals surface area contributed by atoms with Gasteiger partial charge in [-0.05, 0) is 36.4 Å². The van der Waals surface area contributed by atoms with Crippen molar-refractivity contribution in [1.29, 1.82) is 0 Å². The fourth-order valence-electron chi connectivity index (χ4n) is 3.33. The fraction of sp³-hybridized carbons (Fsp3) is 0.350. The Labute approximate surface area is 173 Å². The molecule has 27 heavy (non-hydrogen) atoms. The average Bonchev–Trinajstić information content (AvgIpc) is 3.29. The van der Waals surface area contributed by atoms with Crippen LogP contribution in [0.1, 0.15) is 29.5 Å². The van der Waals surface area contributed by atoms with Gasteiger partial charge < -0.3 is 15.1 Å². The molecule has 4 nitrogen and oxygen atoms in total. The van der Waals surface area contributed by atoms with Gasteiger partial charge in [-0.2, -0.15) is 0 Å². The van der Waals surface area contributed by atoms with Gasteiger partial charge >= 0.3 is 0 Å². The molecule has 0 aliphatic carbocycles. The van der Waals surface area contributed by atoms with Crippen LogP contribution in [0.2, 0.25) is 0 Å². The second-order valence-corrected chi connectivity index (χ2v) is 8.90. The average molecular weight is 423 g/mol. The van der Waals surface area contributed by atoms with Gasteiger partial charge in [0.1, 0.15) is 5.58 Å². The lowest BCUT2D eigenvalue weighted by atomic mass is 9.94. The summed E-state index contributed by atoms with van der Waals surface area (Å²) in [6.45, 7) is 4.02. The number of nitrogens with one attached hydrogen (secondary N) is 2. The number of thiophene rings is 1. The van der Waals surface area contributed by atoms with Crippen LogP contribution in [0.15, 0.2) is 50.4 Å². The lowest BCUT2D eigenvalue weighted by molar-refractivity contribution is 0.0888. The smallest absolute Gasteiger partial charge is 0.287 e. The lowest BCUT2D eigenvalue weighted by Crippen LogP contribution is -2.50. The first kappa shape index (κ1) is 20.3. The largest absolute Gasteiger partial charge is 0.451 e. The third-order valence-corrected chi connectivity index (χ3v) is 7.06. The predicted molar refractivity (Wildman–Crippen MR) is 115 cm³/mol. The van der Waals surface area contributed by atoms with E-state index < -0.39 is 0 Å². The number of piperidine rings is 1. The summed E-state index contributed by atoms with van der Waals surface area (Å²) < 4.78 is 7.21. The molecule has 1 aliphatic heterocycles. The number of para-hydroxylation sites is 1. The summed E-state index contributed by atoms with van der Waals surface area (Å²) in [6.07, 6.45) is 1.08. The van der Waals surface area contributed by atoms with Crippen LogP contribution in [-0.2, 0) is 5.75 Å². The summed E-state index contributed by atoms with van der Waals surface area (Å²) in [4.78, 5) is 13.0. The molecular formula is C20H23ClN2O2S2. The van der Waals surface area contributed by atoms with Gasteiger partial charge in [0, 0.05) is 29.3 Å². The number of furan rings is 1. The first-order valence-electron chi connectivity index (χ1n) is 8.90. The Bertz CT molecular complexity index is 895. The molecule has 1 fully saturated rings. The van der Waals surface area contributed by atoms with E-state index in [1.165, 1.54) is 4.21 Å². The normalized spacial score (nSPS) is 19.6. The highest BCUT2D eigenvalue weighted by atomic mass is 35.5. The van der Waals surface area contributed by atoms with E-state index in [-0.39, 0.29) is 24.4 Å². The molecule has 7 heteroatoms. The molecule has 0 saturated carbocycles. The van der Waals surface area contributed by atoms with E-state index in [1.54, 1.807) is 23.1 Å². The SMILES string of the molecule is CC1CCNCC1NC(=O)c1oc2ccccc2c1CSc1cccs1.Cl. The topological polar surface area (TPSA) is 54.3 Å². The number of benzene rings is 1. The fourth-order valence-corrected chi connectivity index (χ4v) is 5.14. The van der Waals surface area contributed by atoms with Crippen molar-refractivity contribution in [3.05, 3.63) is 53.1 Å². The number of carbonyl (C=O) groups is 1. The Balaban J connectivity index is 0.00000210. The molecule has 3 heterocycles. The first-order valence-corrected chi connectivity index (χ1v) is 10.8. The van der Waals surface area contributed by atoms with Crippen LogP contribution in [-0.4, -0.2) is 25.0 Å². The molecule has 3 aromatic rings. The van der Waals surface area contributed by atoms with Crippen LogP contribution in [0.5, 0.6) is 0 Å². The Morgan fingerprint density at radius 2 is 2.19 bits per heavy atom. The van der Waals surface area contributed by atoms with Gasteiger partial charge in [-0.25, -0.2) is 0 Å². The Hall–Kier alpha value is -1.47. The maximum absolute atomic E-state index is 13.0. The number of hydrogen-bond donors (Lipinski definition) is 2. The summed E-state index contributed by atoms with van der Waals surface area (Å²) in [5.41, 5.74) is 1.75. The van der Waals surface area contributed by atoms with Crippen LogP contribution in [0.25, 0.3) is 11.0 Å². The van der Waals surface area contributed by atoms with Crippen molar-refractivity contribution in [2.75, 3.05) is 13.1 Å². The molecule has 0 bridgehead atoms. The van der Waals surface area contributed by atoms with Gasteiger partial charge in [0.15, 0.2) is 5.76 Å². The van der Waals surface area contributed by atoms with Crippen LogP contribution in [0, 0.1) is 5.92 Å². The molecule has 1 aliphatic rings. The highest BCUT2D eigenvalue weighted by molar-refractivity contribution is 8.00. The minimum Gasteiger partial charge on any atom is -0.451 e. The molecule has 4 rings (SSSR count). The molecule has 1 aromatic carbocycles. The Kier molecular flexibility index (Phi) is 6.87. The van der Waals surface area contributed by atoms with Crippen LogP contribution in [0.3, 0.4) is 0 Å². The number of fused-ring (bicyclic) bond motifs is 1. The maximum atomic E-state index is 13.0. The predicted octanol–water partition coefficient (Wildman–Crippen LogP) is 4.94. The maximum Gasteiger partial charge on any atom is 0.287 e. The molecule has 144 valence electrons. The van der Waals surface area contributed by atoms with Crippen LogP contribution < -0.4 is 10.6 Å². The van der Waals surface area contributed by atoms with E-state index in [1.807, 2.05) is 30.3 Å². The third-order valence-electron chi connectivity index (χ3n) is 4.90. The lowest BCUT2D eigenvalue weighted by Gasteiger charge is -2.30. The zero-order valence-electron chi connectivity index (χ0n) is 15.1. The number of hydrogen-bond acceptors (Lipinski definition) is 5. The van der Waals surface area contributed by atoms with Gasteiger partial charge in [0.2, 0.25) is 0 Å². The zero-order valence-corrected chi connectivity index (χ0v) is 17.5. The molecule has 0 spiro atoms. The molecule has 2 unspecified atom stereocenters. The minimum atomic E-state index is -0.108. The summed E-state index contributed by atoms with van der Waals surface area (Å²) in [6, 6.07) is 12.2. The van der Waals surface area contributed by atoms with E-state index in [4.69, 9.17) is 4.42 Å². The number of thioether (sulfide) groups is 1. The van der Waals surface area contributed by atoms with Crippen molar-refractivity contribution in [2.45, 2.75) is 29.3 Å². The van der Waals surface area contributed by atoms with E-state index in [2.05, 4.69) is 29.0 Å². The van der Waals surface area contributed by atoms with Gasteiger partial charge in [-0.1, -0.05) is 31.2 Å². The zero-order chi connectivity index (χ0) is 17.9. The van der Waals surface area contributed by atoms with Crippen molar-refractivity contribution >= 4 is 52.4 Å². The molecule has 0 radical (unpaired) electrons. The first-order chi connectivity index (χ1) is 12.7. The van der Waals surface area contributed by atoms with E-state index in [0.717, 1.165) is 41.8 Å². The van der Waals surface area contributed by atoms with Crippen molar-refractivity contribution in [3.63, 3.8) is 0 Å². The molecule has 2 N–H and O–H groups in total. The molecule has 2 aromatic heterocycles.